The molecular formula is C25H22FNO5. The van der Waals surface area contributed by atoms with Gasteiger partial charge in [-0.15, -0.1) is 0 Å². The van der Waals surface area contributed by atoms with Gasteiger partial charge in [-0.25, -0.2) is 14.0 Å². The maximum Gasteiger partial charge on any atom is 0.407 e. The highest BCUT2D eigenvalue weighted by Crippen LogP contribution is 2.44. The largest absolute Gasteiger partial charge is 0.497 e. The van der Waals surface area contributed by atoms with E-state index in [1.165, 1.54) is 25.3 Å². The molecule has 1 amide bonds. The summed E-state index contributed by atoms with van der Waals surface area (Å²) < 4.78 is 24.6. The lowest BCUT2D eigenvalue weighted by Crippen LogP contribution is -2.43. The van der Waals surface area contributed by atoms with E-state index in [2.05, 4.69) is 5.32 Å². The van der Waals surface area contributed by atoms with E-state index in [0.717, 1.165) is 22.3 Å². The normalized spacial score (nSPS) is 13.1. The summed E-state index contributed by atoms with van der Waals surface area (Å²) >= 11 is 0. The van der Waals surface area contributed by atoms with Gasteiger partial charge < -0.3 is 19.9 Å². The molecule has 164 valence electrons. The summed E-state index contributed by atoms with van der Waals surface area (Å²) in [5.74, 6) is -1.71. The number of hydrogen-bond donors (Lipinski definition) is 2. The highest BCUT2D eigenvalue weighted by molar-refractivity contribution is 5.81. The van der Waals surface area contributed by atoms with Crippen molar-refractivity contribution in [1.82, 2.24) is 5.32 Å². The SMILES string of the molecule is COc1ccc(CC(NC(=O)OCC2c3ccccc3-c3ccccc32)C(=O)O)c(F)c1. The Morgan fingerprint density at radius 2 is 1.66 bits per heavy atom. The Kier molecular flexibility index (Phi) is 6.07. The number of hydrogen-bond acceptors (Lipinski definition) is 4. The Morgan fingerprint density at radius 3 is 2.22 bits per heavy atom. The van der Waals surface area contributed by atoms with Crippen LogP contribution in [0.4, 0.5) is 9.18 Å². The van der Waals surface area contributed by atoms with E-state index in [9.17, 15) is 19.1 Å². The Bertz CT molecular complexity index is 1120. The summed E-state index contributed by atoms with van der Waals surface area (Å²) in [4.78, 5) is 24.0. The van der Waals surface area contributed by atoms with Crippen LogP contribution in [0.1, 0.15) is 22.6 Å². The molecule has 32 heavy (non-hydrogen) atoms. The number of nitrogens with one attached hydrogen (secondary N) is 1. The average Bonchev–Trinajstić information content (AvgIpc) is 3.12. The van der Waals surface area contributed by atoms with Gasteiger partial charge in [-0.05, 0) is 33.9 Å². The van der Waals surface area contributed by atoms with Gasteiger partial charge in [-0.1, -0.05) is 54.6 Å². The second-order valence-corrected chi connectivity index (χ2v) is 7.52. The number of amides is 1. The molecule has 3 aromatic carbocycles. The van der Waals surface area contributed by atoms with Crippen molar-refractivity contribution in [3.05, 3.63) is 89.2 Å². The first kappa shape index (κ1) is 21.4. The van der Waals surface area contributed by atoms with E-state index >= 15 is 0 Å². The number of alkyl carbamates (subject to hydrolysis) is 1. The van der Waals surface area contributed by atoms with Crippen molar-refractivity contribution in [3.63, 3.8) is 0 Å². The monoisotopic (exact) mass is 435 g/mol. The number of halogens is 1. The molecule has 0 fully saturated rings. The van der Waals surface area contributed by atoms with Crippen LogP contribution in [0.25, 0.3) is 11.1 Å². The summed E-state index contributed by atoms with van der Waals surface area (Å²) in [6.07, 6.45) is -1.09. The molecular weight excluding hydrogens is 413 g/mol. The fraction of sp³-hybridized carbons (Fsp3) is 0.200. The van der Waals surface area contributed by atoms with E-state index in [4.69, 9.17) is 9.47 Å². The second-order valence-electron chi connectivity index (χ2n) is 7.52. The summed E-state index contributed by atoms with van der Waals surface area (Å²) in [5, 5.41) is 11.8. The van der Waals surface area contributed by atoms with Gasteiger partial charge in [0.2, 0.25) is 0 Å². The van der Waals surface area contributed by atoms with Gasteiger partial charge in [-0.3, -0.25) is 0 Å². The number of carboxylic acid groups (broad SMARTS) is 1. The topological polar surface area (TPSA) is 84.9 Å². The molecule has 0 aliphatic heterocycles. The molecule has 1 unspecified atom stereocenters. The summed E-state index contributed by atoms with van der Waals surface area (Å²) in [7, 11) is 1.41. The molecule has 6 nitrogen and oxygen atoms in total. The van der Waals surface area contributed by atoms with Crippen LogP contribution < -0.4 is 10.1 Å². The van der Waals surface area contributed by atoms with Crippen molar-refractivity contribution >= 4 is 12.1 Å². The molecule has 7 heteroatoms. The van der Waals surface area contributed by atoms with Crippen LogP contribution >= 0.6 is 0 Å². The summed E-state index contributed by atoms with van der Waals surface area (Å²) in [6, 6.07) is 18.6. The Morgan fingerprint density at radius 1 is 1.03 bits per heavy atom. The molecule has 0 spiro atoms. The fourth-order valence-corrected chi connectivity index (χ4v) is 4.02. The first-order valence-corrected chi connectivity index (χ1v) is 10.1. The summed E-state index contributed by atoms with van der Waals surface area (Å²) in [5.41, 5.74) is 4.44. The number of methoxy groups -OCH3 is 1. The lowest BCUT2D eigenvalue weighted by molar-refractivity contribution is -0.139. The molecule has 0 radical (unpaired) electrons. The van der Waals surface area contributed by atoms with Crippen molar-refractivity contribution in [3.8, 4) is 16.9 Å². The minimum Gasteiger partial charge on any atom is -0.497 e. The number of carbonyl (C=O) groups is 2. The summed E-state index contributed by atoms with van der Waals surface area (Å²) in [6.45, 7) is 0.0586. The van der Waals surface area contributed by atoms with E-state index in [1.54, 1.807) is 0 Å². The van der Waals surface area contributed by atoms with Gasteiger partial charge in [0.25, 0.3) is 0 Å². The molecule has 1 atom stereocenters. The number of carbonyl (C=O) groups excluding carboxylic acids is 1. The van der Waals surface area contributed by atoms with Crippen molar-refractivity contribution in [2.75, 3.05) is 13.7 Å². The molecule has 4 rings (SSSR count). The number of benzene rings is 3. The molecule has 0 aromatic heterocycles. The van der Waals surface area contributed by atoms with E-state index < -0.39 is 23.9 Å². The molecule has 0 saturated carbocycles. The fourth-order valence-electron chi connectivity index (χ4n) is 4.02. The van der Waals surface area contributed by atoms with Crippen molar-refractivity contribution in [1.29, 1.82) is 0 Å². The highest BCUT2D eigenvalue weighted by Gasteiger charge is 2.30. The quantitative estimate of drug-likeness (QED) is 0.576. The lowest BCUT2D eigenvalue weighted by atomic mass is 9.98. The zero-order chi connectivity index (χ0) is 22.7. The van der Waals surface area contributed by atoms with Gasteiger partial charge in [0, 0.05) is 18.4 Å². The zero-order valence-corrected chi connectivity index (χ0v) is 17.4. The molecule has 2 N–H and O–H groups in total. The van der Waals surface area contributed by atoms with Crippen LogP contribution in [0.5, 0.6) is 5.75 Å². The van der Waals surface area contributed by atoms with E-state index in [1.807, 2.05) is 48.5 Å². The first-order chi connectivity index (χ1) is 15.5. The van der Waals surface area contributed by atoms with Gasteiger partial charge in [-0.2, -0.15) is 0 Å². The third-order valence-electron chi connectivity index (χ3n) is 5.62. The standard InChI is InChI=1S/C25H22FNO5/c1-31-16-11-10-15(22(26)13-16)12-23(24(28)29)27-25(30)32-14-21-19-8-4-2-6-17(19)18-7-3-5-9-20(18)21/h2-11,13,21,23H,12,14H2,1H3,(H,27,30)(H,28,29). The first-order valence-electron chi connectivity index (χ1n) is 10.1. The minimum atomic E-state index is -1.34. The molecule has 0 saturated heterocycles. The highest BCUT2D eigenvalue weighted by atomic mass is 19.1. The van der Waals surface area contributed by atoms with Crippen LogP contribution in [0, 0.1) is 5.82 Å². The minimum absolute atomic E-state index is 0.0586. The van der Waals surface area contributed by atoms with Gasteiger partial charge in [0.1, 0.15) is 24.2 Å². The predicted molar refractivity (Wildman–Crippen MR) is 116 cm³/mol. The van der Waals surface area contributed by atoms with Gasteiger partial charge >= 0.3 is 12.1 Å². The second kappa shape index (κ2) is 9.09. The molecule has 1 aliphatic carbocycles. The average molecular weight is 435 g/mol. The number of aliphatic carboxylic acids is 1. The number of ether oxygens (including phenoxy) is 2. The predicted octanol–water partition coefficient (Wildman–Crippen LogP) is 4.37. The number of carboxylic acids is 1. The van der Waals surface area contributed by atoms with Gasteiger partial charge in [0.05, 0.1) is 7.11 Å². The van der Waals surface area contributed by atoms with Crippen LogP contribution in [0.2, 0.25) is 0 Å². The Balaban J connectivity index is 1.43. The van der Waals surface area contributed by atoms with Crippen LogP contribution in [-0.4, -0.2) is 36.9 Å². The van der Waals surface area contributed by atoms with Crippen molar-refractivity contribution in [2.24, 2.45) is 0 Å². The molecule has 3 aromatic rings. The third kappa shape index (κ3) is 4.27. The Labute approximate surface area is 184 Å². The zero-order valence-electron chi connectivity index (χ0n) is 17.4. The molecule has 0 heterocycles. The lowest BCUT2D eigenvalue weighted by Gasteiger charge is -2.18. The smallest absolute Gasteiger partial charge is 0.407 e. The van der Waals surface area contributed by atoms with Crippen LogP contribution in [0.15, 0.2) is 66.7 Å². The maximum absolute atomic E-state index is 14.2. The van der Waals surface area contributed by atoms with E-state index in [-0.39, 0.29) is 24.5 Å². The van der Waals surface area contributed by atoms with Gasteiger partial charge in [0.15, 0.2) is 0 Å². The van der Waals surface area contributed by atoms with E-state index in [0.29, 0.717) is 5.75 Å². The maximum atomic E-state index is 14.2. The molecule has 1 aliphatic rings. The van der Waals surface area contributed by atoms with Crippen molar-refractivity contribution < 1.29 is 28.6 Å². The van der Waals surface area contributed by atoms with Crippen LogP contribution in [0.3, 0.4) is 0 Å². The molecule has 0 bridgehead atoms. The third-order valence-corrected chi connectivity index (χ3v) is 5.62. The number of rotatable bonds is 7. The Hall–Kier alpha value is -3.87. The number of fused-ring (bicyclic) bond motifs is 3. The van der Waals surface area contributed by atoms with Crippen LogP contribution in [-0.2, 0) is 16.0 Å². The van der Waals surface area contributed by atoms with Crippen molar-refractivity contribution in [2.45, 2.75) is 18.4 Å².